The van der Waals surface area contributed by atoms with E-state index in [0.717, 1.165) is 5.56 Å². The summed E-state index contributed by atoms with van der Waals surface area (Å²) >= 11 is 0. The van der Waals surface area contributed by atoms with Gasteiger partial charge < -0.3 is 9.64 Å². The molecule has 1 aromatic rings. The van der Waals surface area contributed by atoms with Crippen molar-refractivity contribution in [2.75, 3.05) is 0 Å². The zero-order valence-electron chi connectivity index (χ0n) is 13.0. The van der Waals surface area contributed by atoms with E-state index >= 15 is 0 Å². The molecule has 3 heteroatoms. The number of hydrogen-bond donors (Lipinski definition) is 0. The number of benzene rings is 1. The molecule has 20 heavy (non-hydrogen) atoms. The van der Waals surface area contributed by atoms with E-state index in [1.54, 1.807) is 4.90 Å². The van der Waals surface area contributed by atoms with Crippen LogP contribution in [0.2, 0.25) is 0 Å². The lowest BCUT2D eigenvalue weighted by Gasteiger charge is -2.30. The molecule has 110 valence electrons. The predicted octanol–water partition coefficient (Wildman–Crippen LogP) is 4.34. The van der Waals surface area contributed by atoms with Gasteiger partial charge in [0, 0.05) is 12.1 Å². The van der Waals surface area contributed by atoms with E-state index in [1.165, 1.54) is 0 Å². The Hall–Kier alpha value is -1.77. The van der Waals surface area contributed by atoms with Crippen LogP contribution < -0.4 is 0 Å². The maximum atomic E-state index is 12.1. The molecule has 1 atom stereocenters. The van der Waals surface area contributed by atoms with Crippen molar-refractivity contribution in [3.05, 3.63) is 42.0 Å². The summed E-state index contributed by atoms with van der Waals surface area (Å²) in [5, 5.41) is 0. The van der Waals surface area contributed by atoms with Crippen molar-refractivity contribution in [1.29, 1.82) is 0 Å². The summed E-state index contributed by atoms with van der Waals surface area (Å²) in [4.78, 5) is 13.9. The summed E-state index contributed by atoms with van der Waals surface area (Å²) in [6.07, 6.45) is 3.35. The number of ether oxygens (including phenoxy) is 1. The van der Waals surface area contributed by atoms with Crippen molar-refractivity contribution in [3.8, 4) is 0 Å². The van der Waals surface area contributed by atoms with Crippen LogP contribution in [-0.4, -0.2) is 29.2 Å². The van der Waals surface area contributed by atoms with Gasteiger partial charge in [-0.05, 0) is 46.3 Å². The van der Waals surface area contributed by atoms with Crippen molar-refractivity contribution >= 4 is 12.2 Å². The molecule has 1 rings (SSSR count). The fourth-order valence-electron chi connectivity index (χ4n) is 2.09. The SMILES string of the molecule is CC(C)N(C(=O)O[C@@H](C)/C=C/c1ccccc1)C(C)C. The third-order valence-corrected chi connectivity index (χ3v) is 2.97. The molecule has 0 N–H and O–H groups in total. The quantitative estimate of drug-likeness (QED) is 0.799. The van der Waals surface area contributed by atoms with Crippen molar-refractivity contribution in [2.24, 2.45) is 0 Å². The fourth-order valence-corrected chi connectivity index (χ4v) is 2.09. The van der Waals surface area contributed by atoms with Gasteiger partial charge in [-0.15, -0.1) is 0 Å². The molecule has 0 heterocycles. The van der Waals surface area contributed by atoms with Gasteiger partial charge in [-0.1, -0.05) is 36.4 Å². The van der Waals surface area contributed by atoms with E-state index in [9.17, 15) is 4.79 Å². The first-order valence-corrected chi connectivity index (χ1v) is 7.14. The number of carbonyl (C=O) groups is 1. The fraction of sp³-hybridized carbons (Fsp3) is 0.471. The molecule has 0 radical (unpaired) electrons. The van der Waals surface area contributed by atoms with Crippen LogP contribution in [0, 0.1) is 0 Å². The van der Waals surface area contributed by atoms with Gasteiger partial charge in [-0.3, -0.25) is 0 Å². The number of hydrogen-bond acceptors (Lipinski definition) is 2. The molecule has 0 spiro atoms. The van der Waals surface area contributed by atoms with Crippen LogP contribution in [0.25, 0.3) is 6.08 Å². The minimum atomic E-state index is -0.264. The lowest BCUT2D eigenvalue weighted by Crippen LogP contribution is -2.43. The Morgan fingerprint density at radius 2 is 1.60 bits per heavy atom. The highest BCUT2D eigenvalue weighted by Gasteiger charge is 2.22. The Balaban J connectivity index is 2.59. The Morgan fingerprint density at radius 1 is 1.05 bits per heavy atom. The summed E-state index contributed by atoms with van der Waals surface area (Å²) < 4.78 is 5.46. The van der Waals surface area contributed by atoms with Crippen molar-refractivity contribution in [1.82, 2.24) is 4.90 Å². The zero-order valence-corrected chi connectivity index (χ0v) is 13.0. The molecular weight excluding hydrogens is 250 g/mol. The number of carbonyl (C=O) groups excluding carboxylic acids is 1. The number of amides is 1. The maximum absolute atomic E-state index is 12.1. The first-order valence-electron chi connectivity index (χ1n) is 7.14. The maximum Gasteiger partial charge on any atom is 0.410 e. The summed E-state index contributed by atoms with van der Waals surface area (Å²) in [5.74, 6) is 0. The van der Waals surface area contributed by atoms with Crippen molar-refractivity contribution < 1.29 is 9.53 Å². The van der Waals surface area contributed by atoms with Crippen LogP contribution >= 0.6 is 0 Å². The Kier molecular flexibility index (Phi) is 6.29. The number of nitrogens with zero attached hydrogens (tertiary/aromatic N) is 1. The first-order chi connectivity index (χ1) is 9.41. The molecule has 0 aromatic heterocycles. The third kappa shape index (κ3) is 5.08. The second-order valence-electron chi connectivity index (χ2n) is 5.45. The van der Waals surface area contributed by atoms with E-state index < -0.39 is 0 Å². The largest absolute Gasteiger partial charge is 0.442 e. The van der Waals surface area contributed by atoms with Gasteiger partial charge in [-0.2, -0.15) is 0 Å². The smallest absolute Gasteiger partial charge is 0.410 e. The topological polar surface area (TPSA) is 29.5 Å². The summed E-state index contributed by atoms with van der Waals surface area (Å²) in [6, 6.07) is 10.2. The minimum Gasteiger partial charge on any atom is -0.442 e. The van der Waals surface area contributed by atoms with E-state index in [1.807, 2.05) is 77.1 Å². The second-order valence-corrected chi connectivity index (χ2v) is 5.45. The van der Waals surface area contributed by atoms with Crippen LogP contribution in [-0.2, 0) is 4.74 Å². The summed E-state index contributed by atoms with van der Waals surface area (Å²) in [5.41, 5.74) is 1.10. The molecule has 0 unspecified atom stereocenters. The van der Waals surface area contributed by atoms with Gasteiger partial charge >= 0.3 is 6.09 Å². The highest BCUT2D eigenvalue weighted by atomic mass is 16.6. The molecule has 0 bridgehead atoms. The summed E-state index contributed by atoms with van der Waals surface area (Å²) in [6.45, 7) is 9.84. The Bertz CT molecular complexity index is 430. The highest BCUT2D eigenvalue weighted by Crippen LogP contribution is 2.10. The predicted molar refractivity (Wildman–Crippen MR) is 83.5 cm³/mol. The van der Waals surface area contributed by atoms with Crippen LogP contribution in [0.4, 0.5) is 4.79 Å². The highest BCUT2D eigenvalue weighted by molar-refractivity contribution is 5.69. The third-order valence-electron chi connectivity index (χ3n) is 2.97. The molecule has 1 amide bonds. The lowest BCUT2D eigenvalue weighted by atomic mass is 10.2. The van der Waals surface area contributed by atoms with E-state index in [4.69, 9.17) is 4.74 Å². The molecule has 0 aliphatic rings. The van der Waals surface area contributed by atoms with Crippen LogP contribution in [0.1, 0.15) is 40.2 Å². The normalized spacial score (nSPS) is 12.9. The Labute approximate surface area is 122 Å². The molecule has 0 saturated carbocycles. The van der Waals surface area contributed by atoms with Crippen LogP contribution in [0.15, 0.2) is 36.4 Å². The van der Waals surface area contributed by atoms with E-state index in [2.05, 4.69) is 0 Å². The molecule has 0 aliphatic carbocycles. The average molecular weight is 275 g/mol. The van der Waals surface area contributed by atoms with Gasteiger partial charge in [0.05, 0.1) is 0 Å². The standard InChI is InChI=1S/C17H25NO2/c1-13(2)18(14(3)4)17(19)20-15(5)11-12-16-9-7-6-8-10-16/h6-15H,1-5H3/b12-11+/t15-/m0/s1. The lowest BCUT2D eigenvalue weighted by molar-refractivity contribution is 0.0655. The molecule has 0 saturated heterocycles. The average Bonchev–Trinajstić information content (AvgIpc) is 2.36. The molecule has 0 fully saturated rings. The van der Waals surface area contributed by atoms with Crippen LogP contribution in [0.3, 0.4) is 0 Å². The molecule has 1 aromatic carbocycles. The van der Waals surface area contributed by atoms with E-state index in [-0.39, 0.29) is 24.3 Å². The minimum absolute atomic E-state index is 0.132. The zero-order chi connectivity index (χ0) is 15.1. The van der Waals surface area contributed by atoms with Crippen molar-refractivity contribution in [2.45, 2.75) is 52.8 Å². The monoisotopic (exact) mass is 275 g/mol. The van der Waals surface area contributed by atoms with Gasteiger partial charge in [0.25, 0.3) is 0 Å². The van der Waals surface area contributed by atoms with Gasteiger partial charge in [-0.25, -0.2) is 4.79 Å². The van der Waals surface area contributed by atoms with Crippen molar-refractivity contribution in [3.63, 3.8) is 0 Å². The second kappa shape index (κ2) is 7.73. The van der Waals surface area contributed by atoms with Gasteiger partial charge in [0.2, 0.25) is 0 Å². The van der Waals surface area contributed by atoms with Gasteiger partial charge in [0.1, 0.15) is 6.10 Å². The van der Waals surface area contributed by atoms with Crippen LogP contribution in [0.5, 0.6) is 0 Å². The summed E-state index contributed by atoms with van der Waals surface area (Å²) in [7, 11) is 0. The molecule has 3 nitrogen and oxygen atoms in total. The molecular formula is C17H25NO2. The first kappa shape index (κ1) is 16.3. The number of rotatable bonds is 5. The molecule has 0 aliphatic heterocycles. The Morgan fingerprint density at radius 3 is 2.10 bits per heavy atom. The van der Waals surface area contributed by atoms with E-state index in [0.29, 0.717) is 0 Å². The van der Waals surface area contributed by atoms with Gasteiger partial charge in [0.15, 0.2) is 0 Å².